The Hall–Kier alpha value is -3.67. The second kappa shape index (κ2) is 10.4. The van der Waals surface area contributed by atoms with E-state index in [9.17, 15) is 8.78 Å². The normalized spacial score (nSPS) is 19.4. The summed E-state index contributed by atoms with van der Waals surface area (Å²) < 4.78 is 54.1. The molecule has 2 aliphatic rings. The molecule has 0 radical (unpaired) electrons. The van der Waals surface area contributed by atoms with Gasteiger partial charge in [0.1, 0.15) is 23.1 Å². The first-order valence-electron chi connectivity index (χ1n) is 11.9. The van der Waals surface area contributed by atoms with Crippen LogP contribution in [0.5, 0.6) is 5.75 Å². The predicted octanol–water partition coefficient (Wildman–Crippen LogP) is 3.46. The summed E-state index contributed by atoms with van der Waals surface area (Å²) in [6, 6.07) is 7.87. The van der Waals surface area contributed by atoms with Crippen molar-refractivity contribution >= 4 is 17.7 Å². The zero-order chi connectivity index (χ0) is 26.0. The van der Waals surface area contributed by atoms with Crippen molar-refractivity contribution in [3.8, 4) is 17.0 Å². The number of ether oxygens (including phenoxy) is 2. The van der Waals surface area contributed by atoms with Crippen molar-refractivity contribution in [1.82, 2.24) is 9.88 Å². The van der Waals surface area contributed by atoms with E-state index in [1.807, 2.05) is 0 Å². The Morgan fingerprint density at radius 1 is 1.05 bits per heavy atom. The molecule has 3 aromatic rings. The van der Waals surface area contributed by atoms with E-state index < -0.39 is 23.1 Å². The predicted molar refractivity (Wildman–Crippen MR) is 135 cm³/mol. The average Bonchev–Trinajstić information content (AvgIpc) is 2.88. The van der Waals surface area contributed by atoms with Gasteiger partial charge in [-0.05, 0) is 30.7 Å². The van der Waals surface area contributed by atoms with E-state index in [-0.39, 0.29) is 16.8 Å². The fourth-order valence-electron chi connectivity index (χ4n) is 4.53. The van der Waals surface area contributed by atoms with Gasteiger partial charge in [0.2, 0.25) is 0 Å². The summed E-state index contributed by atoms with van der Waals surface area (Å²) in [6.45, 7) is 4.66. The number of aromatic nitrogens is 1. The van der Waals surface area contributed by atoms with Gasteiger partial charge >= 0.3 is 0 Å². The number of nitrogens with one attached hydrogen (secondary N) is 1. The van der Waals surface area contributed by atoms with Gasteiger partial charge in [-0.25, -0.2) is 18.2 Å². The first-order valence-corrected chi connectivity index (χ1v) is 11.9. The number of anilines is 2. The Kier molecular flexibility index (Phi) is 7.00. The van der Waals surface area contributed by atoms with Crippen molar-refractivity contribution in [2.24, 2.45) is 10.7 Å². The lowest BCUT2D eigenvalue weighted by atomic mass is 9.88. The largest absolute Gasteiger partial charge is 0.491 e. The molecule has 11 heteroatoms. The minimum absolute atomic E-state index is 0.0203. The van der Waals surface area contributed by atoms with Crippen molar-refractivity contribution in [3.05, 3.63) is 71.2 Å². The summed E-state index contributed by atoms with van der Waals surface area (Å²) in [7, 11) is 0. The van der Waals surface area contributed by atoms with E-state index in [2.05, 4.69) is 20.2 Å². The Morgan fingerprint density at radius 3 is 2.65 bits per heavy atom. The Bertz CT molecular complexity index is 1330. The smallest absolute Gasteiger partial charge is 0.166 e. The molecular weight excluding hydrogens is 485 g/mol. The van der Waals surface area contributed by atoms with Crippen molar-refractivity contribution < 1.29 is 22.6 Å². The quantitative estimate of drug-likeness (QED) is 0.328. The fourth-order valence-corrected chi connectivity index (χ4v) is 4.53. The van der Waals surface area contributed by atoms with Crippen LogP contribution in [0.2, 0.25) is 0 Å². The molecule has 3 heterocycles. The number of morpholine rings is 1. The lowest BCUT2D eigenvalue weighted by Gasteiger charge is -2.32. The zero-order valence-electron chi connectivity index (χ0n) is 20.0. The van der Waals surface area contributed by atoms with Gasteiger partial charge in [0.25, 0.3) is 0 Å². The van der Waals surface area contributed by atoms with Crippen LogP contribution in [0.4, 0.5) is 24.5 Å². The van der Waals surface area contributed by atoms with Crippen LogP contribution in [-0.4, -0.2) is 55.7 Å². The van der Waals surface area contributed by atoms with Crippen LogP contribution < -0.4 is 21.5 Å². The van der Waals surface area contributed by atoms with Gasteiger partial charge in [-0.3, -0.25) is 15.6 Å². The maximum Gasteiger partial charge on any atom is 0.166 e. The van der Waals surface area contributed by atoms with Gasteiger partial charge in [0.05, 0.1) is 43.7 Å². The first-order chi connectivity index (χ1) is 17.8. The molecule has 194 valence electrons. The number of benzene rings is 2. The summed E-state index contributed by atoms with van der Waals surface area (Å²) in [5, 5.41) is 3.01. The van der Waals surface area contributed by atoms with E-state index in [1.165, 1.54) is 18.5 Å². The van der Waals surface area contributed by atoms with Gasteiger partial charge in [0, 0.05) is 48.5 Å². The minimum atomic E-state index is -1.67. The van der Waals surface area contributed by atoms with Crippen LogP contribution in [0.3, 0.4) is 0 Å². The molecule has 5 N–H and O–H groups in total. The van der Waals surface area contributed by atoms with Crippen molar-refractivity contribution in [2.45, 2.75) is 12.1 Å². The summed E-state index contributed by atoms with van der Waals surface area (Å²) in [5.41, 5.74) is 12.6. The van der Waals surface area contributed by atoms with E-state index in [4.69, 9.17) is 20.9 Å². The number of nitrogen functional groups attached to an aromatic ring is 1. The van der Waals surface area contributed by atoms with E-state index in [0.717, 1.165) is 51.5 Å². The van der Waals surface area contributed by atoms with Crippen LogP contribution in [0.15, 0.2) is 47.6 Å². The fraction of sp³-hybridized carbons (Fsp3) is 0.308. The molecule has 0 spiro atoms. The van der Waals surface area contributed by atoms with Crippen molar-refractivity contribution in [3.63, 3.8) is 0 Å². The molecule has 0 aliphatic carbocycles. The van der Waals surface area contributed by atoms with Gasteiger partial charge in [0.15, 0.2) is 11.5 Å². The maximum absolute atomic E-state index is 15.1. The highest BCUT2D eigenvalue weighted by molar-refractivity contribution is 5.85. The number of hydrogen-bond acceptors (Lipinski definition) is 8. The standard InChI is InChI=1S/C26H27F3N6O2/c27-17-11-21(29)25(32-14-17)16-2-3-20(28)18(10-16)26(31)19-12-22(30)24(13-23(19)33-15-34-26)37-7-1-4-35-5-8-36-9-6-35/h2-3,10-15H,1,4-9,30-31H2,(H,33,34). The Balaban J connectivity index is 1.40. The van der Waals surface area contributed by atoms with Crippen LogP contribution in [0, 0.1) is 17.5 Å². The summed E-state index contributed by atoms with van der Waals surface area (Å²) in [6.07, 6.45) is 3.07. The van der Waals surface area contributed by atoms with Crippen LogP contribution in [-0.2, 0) is 10.4 Å². The number of fused-ring (bicyclic) bond motifs is 1. The second-order valence-electron chi connectivity index (χ2n) is 8.94. The molecule has 8 nitrogen and oxygen atoms in total. The molecule has 5 rings (SSSR count). The van der Waals surface area contributed by atoms with E-state index in [0.29, 0.717) is 35.4 Å². The number of rotatable bonds is 7. The molecule has 1 saturated heterocycles. The third kappa shape index (κ3) is 5.10. The highest BCUT2D eigenvalue weighted by Gasteiger charge is 2.37. The number of pyridine rings is 1. The molecule has 1 fully saturated rings. The topological polar surface area (TPSA) is 111 Å². The van der Waals surface area contributed by atoms with Crippen LogP contribution in [0.1, 0.15) is 17.5 Å². The maximum atomic E-state index is 15.1. The molecule has 0 amide bonds. The number of nitrogens with zero attached hydrogens (tertiary/aromatic N) is 3. The summed E-state index contributed by atoms with van der Waals surface area (Å²) in [5.74, 6) is -1.87. The molecule has 1 aromatic heterocycles. The molecule has 37 heavy (non-hydrogen) atoms. The van der Waals surface area contributed by atoms with Crippen molar-refractivity contribution in [1.29, 1.82) is 0 Å². The lowest BCUT2D eigenvalue weighted by Crippen LogP contribution is -2.40. The third-order valence-corrected chi connectivity index (χ3v) is 6.49. The highest BCUT2D eigenvalue weighted by Crippen LogP contribution is 2.42. The first kappa shape index (κ1) is 25.0. The SMILES string of the molecule is Nc1cc2c(cc1OCCCN1CCOCC1)NC=NC2(N)c1cc(-c2ncc(F)cc2F)ccc1F. The molecule has 1 atom stereocenters. The molecular formula is C26H27F3N6O2. The molecule has 0 saturated carbocycles. The van der Waals surface area contributed by atoms with Crippen molar-refractivity contribution in [2.75, 3.05) is 50.5 Å². The molecule has 2 aliphatic heterocycles. The van der Waals surface area contributed by atoms with Gasteiger partial charge in [-0.15, -0.1) is 0 Å². The Morgan fingerprint density at radius 2 is 1.86 bits per heavy atom. The van der Waals surface area contributed by atoms with Crippen LogP contribution in [0.25, 0.3) is 11.3 Å². The number of aliphatic imine (C=N–C) groups is 1. The monoisotopic (exact) mass is 512 g/mol. The lowest BCUT2D eigenvalue weighted by molar-refractivity contribution is 0.0358. The number of nitrogens with two attached hydrogens (primary N) is 2. The van der Waals surface area contributed by atoms with Gasteiger partial charge in [-0.1, -0.05) is 0 Å². The van der Waals surface area contributed by atoms with Gasteiger partial charge in [-0.2, -0.15) is 0 Å². The third-order valence-electron chi connectivity index (χ3n) is 6.49. The minimum Gasteiger partial charge on any atom is -0.491 e. The molecule has 0 bridgehead atoms. The number of hydrogen-bond donors (Lipinski definition) is 3. The zero-order valence-corrected chi connectivity index (χ0v) is 20.0. The average molecular weight is 513 g/mol. The number of halogens is 3. The molecule has 2 aromatic carbocycles. The van der Waals surface area contributed by atoms with Crippen LogP contribution >= 0.6 is 0 Å². The highest BCUT2D eigenvalue weighted by atomic mass is 19.1. The Labute approximate surface area is 212 Å². The summed E-state index contributed by atoms with van der Waals surface area (Å²) >= 11 is 0. The summed E-state index contributed by atoms with van der Waals surface area (Å²) in [4.78, 5) is 10.5. The van der Waals surface area contributed by atoms with Gasteiger partial charge < -0.3 is 20.5 Å². The second-order valence-corrected chi connectivity index (χ2v) is 8.94. The van der Waals surface area contributed by atoms with E-state index >= 15 is 4.39 Å². The molecule has 1 unspecified atom stereocenters. The van der Waals surface area contributed by atoms with E-state index in [1.54, 1.807) is 12.1 Å².